The molecule has 3 heterocycles. The first-order valence-electron chi connectivity index (χ1n) is 8.64. The Kier molecular flexibility index (Phi) is 6.17. The highest BCUT2D eigenvalue weighted by Crippen LogP contribution is 2.26. The molecular formula is C16H25N5O3S. The van der Waals surface area contributed by atoms with Crippen LogP contribution < -0.4 is 14.4 Å². The van der Waals surface area contributed by atoms with Crippen molar-refractivity contribution < 1.29 is 14.3 Å². The fourth-order valence-electron chi connectivity index (χ4n) is 3.18. The summed E-state index contributed by atoms with van der Waals surface area (Å²) >= 11 is 1.93. The Morgan fingerprint density at radius 1 is 1.04 bits per heavy atom. The van der Waals surface area contributed by atoms with Gasteiger partial charge in [-0.05, 0) is 18.8 Å². The molecule has 0 atom stereocenters. The van der Waals surface area contributed by atoms with Crippen molar-refractivity contribution >= 4 is 23.6 Å². The molecule has 138 valence electrons. The summed E-state index contributed by atoms with van der Waals surface area (Å²) in [7, 11) is 3.05. The molecule has 1 aromatic rings. The molecule has 0 aromatic carbocycles. The van der Waals surface area contributed by atoms with Gasteiger partial charge >= 0.3 is 12.0 Å². The lowest BCUT2D eigenvalue weighted by molar-refractivity contribution is -0.132. The van der Waals surface area contributed by atoms with Crippen molar-refractivity contribution in [2.75, 3.05) is 56.8 Å². The first-order chi connectivity index (χ1) is 12.2. The molecule has 2 aliphatic heterocycles. The van der Waals surface area contributed by atoms with Crippen LogP contribution in [0.3, 0.4) is 0 Å². The third kappa shape index (κ3) is 4.65. The molecule has 0 N–H and O–H groups in total. The molecular weight excluding hydrogens is 342 g/mol. The van der Waals surface area contributed by atoms with E-state index in [-0.39, 0.29) is 12.0 Å². The van der Waals surface area contributed by atoms with Crippen LogP contribution in [0.1, 0.15) is 19.3 Å². The van der Waals surface area contributed by atoms with Gasteiger partial charge in [0.15, 0.2) is 0 Å². The number of rotatable bonds is 5. The van der Waals surface area contributed by atoms with E-state index in [9.17, 15) is 4.79 Å². The Labute approximate surface area is 152 Å². The van der Waals surface area contributed by atoms with Crippen LogP contribution in [-0.4, -0.2) is 77.7 Å². The number of hydrogen-bond acceptors (Lipinski definition) is 8. The number of thioether (sulfide) groups is 1. The Bertz CT molecular complexity index is 567. The number of nitrogens with zero attached hydrogens (tertiary/aromatic N) is 5. The Balaban J connectivity index is 1.54. The molecule has 2 fully saturated rings. The fourth-order valence-corrected chi connectivity index (χ4v) is 4.08. The highest BCUT2D eigenvalue weighted by Gasteiger charge is 2.26. The number of anilines is 1. The van der Waals surface area contributed by atoms with Gasteiger partial charge in [0.25, 0.3) is 0 Å². The summed E-state index contributed by atoms with van der Waals surface area (Å²) in [4.78, 5) is 29.2. The van der Waals surface area contributed by atoms with Crippen molar-refractivity contribution in [3.8, 4) is 12.0 Å². The molecule has 0 saturated carbocycles. The van der Waals surface area contributed by atoms with Gasteiger partial charge in [0.2, 0.25) is 11.9 Å². The predicted molar refractivity (Wildman–Crippen MR) is 96.4 cm³/mol. The second-order valence-corrected chi connectivity index (χ2v) is 7.46. The molecule has 3 rings (SSSR count). The highest BCUT2D eigenvalue weighted by atomic mass is 32.2. The molecule has 1 aromatic heterocycles. The highest BCUT2D eigenvalue weighted by molar-refractivity contribution is 7.99. The number of aromatic nitrogens is 3. The van der Waals surface area contributed by atoms with Crippen molar-refractivity contribution in [1.29, 1.82) is 0 Å². The predicted octanol–water partition coefficient (Wildman–Crippen LogP) is 1.07. The van der Waals surface area contributed by atoms with Gasteiger partial charge in [-0.3, -0.25) is 4.79 Å². The molecule has 25 heavy (non-hydrogen) atoms. The fraction of sp³-hybridized carbons (Fsp3) is 0.750. The van der Waals surface area contributed by atoms with Crippen LogP contribution in [0.5, 0.6) is 12.0 Å². The van der Waals surface area contributed by atoms with Crippen LogP contribution in [0.4, 0.5) is 5.95 Å². The van der Waals surface area contributed by atoms with Crippen molar-refractivity contribution in [2.24, 2.45) is 5.92 Å². The van der Waals surface area contributed by atoms with Gasteiger partial charge in [-0.15, -0.1) is 4.98 Å². The monoisotopic (exact) mass is 367 g/mol. The van der Waals surface area contributed by atoms with E-state index in [1.54, 1.807) is 0 Å². The van der Waals surface area contributed by atoms with Crippen LogP contribution in [0, 0.1) is 5.92 Å². The van der Waals surface area contributed by atoms with Gasteiger partial charge < -0.3 is 19.3 Å². The van der Waals surface area contributed by atoms with Crippen LogP contribution in [0.15, 0.2) is 0 Å². The van der Waals surface area contributed by atoms with Gasteiger partial charge in [0.1, 0.15) is 0 Å². The first-order valence-corrected chi connectivity index (χ1v) is 9.79. The minimum Gasteiger partial charge on any atom is -0.467 e. The quantitative estimate of drug-likeness (QED) is 0.765. The minimum atomic E-state index is 0.252. The zero-order chi connectivity index (χ0) is 17.6. The van der Waals surface area contributed by atoms with Crippen LogP contribution in [0.25, 0.3) is 0 Å². The molecule has 0 unspecified atom stereocenters. The summed E-state index contributed by atoms with van der Waals surface area (Å²) in [5.74, 6) is 3.44. The Morgan fingerprint density at radius 2 is 1.64 bits per heavy atom. The molecule has 9 heteroatoms. The van der Waals surface area contributed by atoms with Gasteiger partial charge in [0.05, 0.1) is 14.2 Å². The Hall–Kier alpha value is -1.77. The van der Waals surface area contributed by atoms with E-state index < -0.39 is 0 Å². The van der Waals surface area contributed by atoms with Crippen molar-refractivity contribution in [1.82, 2.24) is 19.9 Å². The standard InChI is InChI=1S/C16H25N5O3S/c1-23-15-17-14(18-16(19-15)24-2)21-5-3-12(4-6-21)11-13(22)20-7-9-25-10-8-20/h12H,3-11H2,1-2H3. The average molecular weight is 367 g/mol. The normalized spacial score (nSPS) is 19.0. The second kappa shape index (κ2) is 8.55. The smallest absolute Gasteiger partial charge is 0.324 e. The third-order valence-electron chi connectivity index (χ3n) is 4.67. The zero-order valence-electron chi connectivity index (χ0n) is 14.8. The lowest BCUT2D eigenvalue weighted by Gasteiger charge is -2.33. The topological polar surface area (TPSA) is 80.7 Å². The van der Waals surface area contributed by atoms with E-state index in [4.69, 9.17) is 9.47 Å². The number of ether oxygens (including phenoxy) is 2. The van der Waals surface area contributed by atoms with E-state index in [0.29, 0.717) is 24.2 Å². The van der Waals surface area contributed by atoms with E-state index in [1.165, 1.54) is 14.2 Å². The van der Waals surface area contributed by atoms with Gasteiger partial charge in [-0.25, -0.2) is 0 Å². The number of carbonyl (C=O) groups is 1. The Morgan fingerprint density at radius 3 is 2.20 bits per heavy atom. The minimum absolute atomic E-state index is 0.252. The van der Waals surface area contributed by atoms with E-state index >= 15 is 0 Å². The molecule has 0 aliphatic carbocycles. The van der Waals surface area contributed by atoms with Gasteiger partial charge in [-0.1, -0.05) is 0 Å². The van der Waals surface area contributed by atoms with E-state index in [2.05, 4.69) is 19.9 Å². The summed E-state index contributed by atoms with van der Waals surface area (Å²) in [5, 5.41) is 0. The summed E-state index contributed by atoms with van der Waals surface area (Å²) < 4.78 is 10.2. The molecule has 1 amide bonds. The van der Waals surface area contributed by atoms with Crippen molar-refractivity contribution in [2.45, 2.75) is 19.3 Å². The number of piperidine rings is 1. The summed E-state index contributed by atoms with van der Waals surface area (Å²) in [5.41, 5.74) is 0. The van der Waals surface area contributed by atoms with E-state index in [0.717, 1.165) is 50.5 Å². The molecule has 0 bridgehead atoms. The average Bonchev–Trinajstić information content (AvgIpc) is 2.68. The van der Waals surface area contributed by atoms with Gasteiger partial charge in [0, 0.05) is 44.1 Å². The molecule has 2 aliphatic rings. The number of methoxy groups -OCH3 is 2. The zero-order valence-corrected chi connectivity index (χ0v) is 15.6. The summed E-state index contributed by atoms with van der Waals surface area (Å²) in [6.07, 6.45) is 2.58. The maximum atomic E-state index is 12.4. The largest absolute Gasteiger partial charge is 0.467 e. The lowest BCUT2D eigenvalue weighted by Crippen LogP contribution is -2.41. The third-order valence-corrected chi connectivity index (χ3v) is 5.61. The summed E-state index contributed by atoms with van der Waals surface area (Å²) in [6, 6.07) is 0.504. The van der Waals surface area contributed by atoms with Crippen molar-refractivity contribution in [3.63, 3.8) is 0 Å². The van der Waals surface area contributed by atoms with Gasteiger partial charge in [-0.2, -0.15) is 21.7 Å². The van der Waals surface area contributed by atoms with Crippen molar-refractivity contribution in [3.05, 3.63) is 0 Å². The molecule has 2 saturated heterocycles. The van der Waals surface area contributed by atoms with E-state index in [1.807, 2.05) is 16.7 Å². The van der Waals surface area contributed by atoms with Crippen LogP contribution in [-0.2, 0) is 4.79 Å². The number of hydrogen-bond donors (Lipinski definition) is 0. The first kappa shape index (κ1) is 18.0. The number of carbonyl (C=O) groups excluding carboxylic acids is 1. The molecule has 0 spiro atoms. The maximum absolute atomic E-state index is 12.4. The second-order valence-electron chi connectivity index (χ2n) is 6.24. The number of amides is 1. The summed E-state index contributed by atoms with van der Waals surface area (Å²) in [6.45, 7) is 3.44. The molecule has 8 nitrogen and oxygen atoms in total. The van der Waals surface area contributed by atoms with Crippen LogP contribution in [0.2, 0.25) is 0 Å². The molecule has 0 radical (unpaired) electrons. The SMILES string of the molecule is COc1nc(OC)nc(N2CCC(CC(=O)N3CCSCC3)CC2)n1. The lowest BCUT2D eigenvalue weighted by atomic mass is 9.93. The van der Waals surface area contributed by atoms with Crippen LogP contribution >= 0.6 is 11.8 Å². The maximum Gasteiger partial charge on any atom is 0.324 e.